The lowest BCUT2D eigenvalue weighted by Crippen LogP contribution is -2.52. The van der Waals surface area contributed by atoms with Gasteiger partial charge in [0.25, 0.3) is 23.5 Å². The standard InChI is InChI=1S/C36H29F3N6O6/c1-50-28-14-12-25(27-13-11-24(51-27)19-41-32(47)21-7-9-23(10-8-21)35(42-43-35)36(37,38)39)30-29(28)26(20-40-30)31(46)34(49)45-17-15-44(16-18-45)33(48)22-5-3-2-4-6-22/h2-14,20,40H,15-19H2,1H3,(H,41,47). The van der Waals surface area contributed by atoms with Crippen LogP contribution in [0, 0.1) is 0 Å². The van der Waals surface area contributed by atoms with E-state index in [2.05, 4.69) is 20.5 Å². The molecule has 2 N–H and O–H groups in total. The molecular weight excluding hydrogens is 669 g/mol. The lowest BCUT2D eigenvalue weighted by atomic mass is 10.0. The molecule has 7 rings (SSSR count). The third-order valence-corrected chi connectivity index (χ3v) is 8.93. The molecule has 0 saturated carbocycles. The summed E-state index contributed by atoms with van der Waals surface area (Å²) in [6.45, 7) is 0.963. The maximum Gasteiger partial charge on any atom is 0.442 e. The molecule has 0 aliphatic carbocycles. The van der Waals surface area contributed by atoms with Crippen LogP contribution < -0.4 is 10.1 Å². The van der Waals surface area contributed by atoms with Crippen molar-refractivity contribution in [3.05, 3.63) is 113 Å². The molecule has 12 nitrogen and oxygen atoms in total. The first-order valence-electron chi connectivity index (χ1n) is 15.9. The zero-order valence-electron chi connectivity index (χ0n) is 27.0. The molecule has 0 bridgehead atoms. The molecule has 2 aliphatic rings. The fourth-order valence-electron chi connectivity index (χ4n) is 6.09. The van der Waals surface area contributed by atoms with Gasteiger partial charge in [-0.2, -0.15) is 13.2 Å². The lowest BCUT2D eigenvalue weighted by Gasteiger charge is -2.34. The van der Waals surface area contributed by atoms with Gasteiger partial charge in [-0.15, -0.1) is 10.2 Å². The third-order valence-electron chi connectivity index (χ3n) is 8.93. The quantitative estimate of drug-likeness (QED) is 0.149. The van der Waals surface area contributed by atoms with Crippen LogP contribution in [0.15, 0.2) is 99.7 Å². The maximum atomic E-state index is 13.6. The molecule has 15 heteroatoms. The summed E-state index contributed by atoms with van der Waals surface area (Å²) in [5, 5.41) is 9.40. The number of halogens is 3. The number of furan rings is 1. The van der Waals surface area contributed by atoms with E-state index in [-0.39, 0.29) is 55.3 Å². The number of aromatic amines is 1. The smallest absolute Gasteiger partial charge is 0.442 e. The van der Waals surface area contributed by atoms with E-state index in [1.807, 2.05) is 6.07 Å². The van der Waals surface area contributed by atoms with E-state index in [9.17, 15) is 32.3 Å². The van der Waals surface area contributed by atoms with Crippen LogP contribution in [0.3, 0.4) is 0 Å². The Bertz CT molecular complexity index is 2180. The number of hydrogen-bond donors (Lipinski definition) is 2. The number of carbonyl (C=O) groups excluding carboxylic acids is 4. The Hall–Kier alpha value is -6.25. The van der Waals surface area contributed by atoms with Crippen LogP contribution in [0.4, 0.5) is 13.2 Å². The number of nitrogens with zero attached hydrogens (tertiary/aromatic N) is 4. The van der Waals surface area contributed by atoms with Crippen molar-refractivity contribution in [2.45, 2.75) is 18.4 Å². The van der Waals surface area contributed by atoms with Crippen molar-refractivity contribution in [3.63, 3.8) is 0 Å². The monoisotopic (exact) mass is 698 g/mol. The number of methoxy groups -OCH3 is 1. The van der Waals surface area contributed by atoms with Crippen LogP contribution in [-0.4, -0.2) is 77.8 Å². The van der Waals surface area contributed by atoms with Crippen molar-refractivity contribution in [1.82, 2.24) is 20.1 Å². The summed E-state index contributed by atoms with van der Waals surface area (Å²) < 4.78 is 51.4. The molecular formula is C36H29F3N6O6. The Morgan fingerprint density at radius 1 is 0.882 bits per heavy atom. The molecule has 51 heavy (non-hydrogen) atoms. The number of benzene rings is 3. The molecule has 0 spiro atoms. The summed E-state index contributed by atoms with van der Waals surface area (Å²) in [4.78, 5) is 58.7. The largest absolute Gasteiger partial charge is 0.496 e. The molecule has 3 amide bonds. The Morgan fingerprint density at radius 3 is 2.22 bits per heavy atom. The van der Waals surface area contributed by atoms with Crippen LogP contribution in [0.5, 0.6) is 5.75 Å². The normalized spacial score (nSPS) is 15.1. The van der Waals surface area contributed by atoms with Crippen molar-refractivity contribution >= 4 is 34.4 Å². The van der Waals surface area contributed by atoms with Gasteiger partial charge in [0.05, 0.1) is 30.1 Å². The molecule has 0 radical (unpaired) electrons. The number of ether oxygens (including phenoxy) is 1. The van der Waals surface area contributed by atoms with Gasteiger partial charge in [-0.1, -0.05) is 30.3 Å². The van der Waals surface area contributed by atoms with Gasteiger partial charge in [-0.25, -0.2) is 0 Å². The van der Waals surface area contributed by atoms with Crippen molar-refractivity contribution in [3.8, 4) is 17.1 Å². The second-order valence-electron chi connectivity index (χ2n) is 11.9. The van der Waals surface area contributed by atoms with Crippen molar-refractivity contribution in [2.75, 3.05) is 33.3 Å². The predicted octanol–water partition coefficient (Wildman–Crippen LogP) is 5.71. The van der Waals surface area contributed by atoms with Crippen LogP contribution >= 0.6 is 0 Å². The first kappa shape index (κ1) is 33.3. The second-order valence-corrected chi connectivity index (χ2v) is 11.9. The zero-order valence-corrected chi connectivity index (χ0v) is 27.0. The van der Waals surface area contributed by atoms with Crippen molar-refractivity contribution in [2.24, 2.45) is 10.2 Å². The van der Waals surface area contributed by atoms with E-state index in [1.54, 1.807) is 53.4 Å². The average molecular weight is 699 g/mol. The first-order chi connectivity index (χ1) is 24.5. The Labute approximate surface area is 287 Å². The molecule has 1 saturated heterocycles. The molecule has 0 atom stereocenters. The van der Waals surface area contributed by atoms with Crippen molar-refractivity contribution in [1.29, 1.82) is 0 Å². The second kappa shape index (κ2) is 12.9. The van der Waals surface area contributed by atoms with Gasteiger partial charge in [0, 0.05) is 54.6 Å². The SMILES string of the molecule is COc1ccc(-c2ccc(CNC(=O)c3ccc(C4(C(F)(F)F)N=N4)cc3)o2)c2[nH]cc(C(=O)C(=O)N3CCN(C(=O)c4ccccc4)CC3)c12. The molecule has 5 aromatic rings. The van der Waals surface area contributed by atoms with Gasteiger partial charge in [0.1, 0.15) is 17.3 Å². The number of aromatic nitrogens is 1. The van der Waals surface area contributed by atoms with Crippen LogP contribution in [-0.2, 0) is 17.0 Å². The summed E-state index contributed by atoms with van der Waals surface area (Å²) in [6.07, 6.45) is -3.22. The van der Waals surface area contributed by atoms with Gasteiger partial charge < -0.3 is 29.3 Å². The Kier molecular flexibility index (Phi) is 8.41. The summed E-state index contributed by atoms with van der Waals surface area (Å²) in [6, 6.07) is 20.4. The van der Waals surface area contributed by atoms with Gasteiger partial charge in [-0.3, -0.25) is 19.2 Å². The Morgan fingerprint density at radius 2 is 1.57 bits per heavy atom. The number of rotatable bonds is 9. The van der Waals surface area contributed by atoms with E-state index in [0.717, 1.165) is 0 Å². The fourth-order valence-corrected chi connectivity index (χ4v) is 6.09. The predicted molar refractivity (Wildman–Crippen MR) is 176 cm³/mol. The minimum atomic E-state index is -4.67. The van der Waals surface area contributed by atoms with Crippen molar-refractivity contribution < 1.29 is 41.5 Å². The molecule has 1 fully saturated rings. The van der Waals surface area contributed by atoms with Gasteiger partial charge in [-0.05, 0) is 48.5 Å². The van der Waals surface area contributed by atoms with Gasteiger partial charge in [0.2, 0.25) is 0 Å². The average Bonchev–Trinajstić information content (AvgIpc) is 3.66. The zero-order chi connectivity index (χ0) is 35.9. The van der Waals surface area contributed by atoms with E-state index < -0.39 is 29.4 Å². The molecule has 3 aromatic carbocycles. The first-order valence-corrected chi connectivity index (χ1v) is 15.9. The topological polar surface area (TPSA) is 150 Å². The molecule has 2 aromatic heterocycles. The number of nitrogens with one attached hydrogen (secondary N) is 2. The number of piperazine rings is 1. The van der Waals surface area contributed by atoms with Crippen LogP contribution in [0.2, 0.25) is 0 Å². The molecule has 4 heterocycles. The highest BCUT2D eigenvalue weighted by molar-refractivity contribution is 6.45. The minimum absolute atomic E-state index is 0.0236. The third kappa shape index (κ3) is 6.11. The number of alkyl halides is 3. The summed E-state index contributed by atoms with van der Waals surface area (Å²) in [7, 11) is 1.45. The highest BCUT2D eigenvalue weighted by Gasteiger charge is 2.65. The molecule has 2 aliphatic heterocycles. The number of fused-ring (bicyclic) bond motifs is 1. The minimum Gasteiger partial charge on any atom is -0.496 e. The number of ketones is 1. The summed E-state index contributed by atoms with van der Waals surface area (Å²) in [5.74, 6) is -0.948. The highest BCUT2D eigenvalue weighted by atomic mass is 19.4. The molecule has 260 valence electrons. The fraction of sp³-hybridized carbons (Fsp3) is 0.222. The number of hydrogen-bond acceptors (Lipinski definition) is 8. The molecule has 0 unspecified atom stereocenters. The lowest BCUT2D eigenvalue weighted by molar-refractivity contribution is -0.166. The van der Waals surface area contributed by atoms with E-state index in [1.165, 1.54) is 42.5 Å². The van der Waals surface area contributed by atoms with E-state index in [0.29, 0.717) is 39.3 Å². The highest BCUT2D eigenvalue weighted by Crippen LogP contribution is 2.52. The Balaban J connectivity index is 1.02. The maximum absolute atomic E-state index is 13.6. The number of H-pyrrole nitrogens is 1. The number of Topliss-reactive ketones (excluding diaryl/α,β-unsaturated/α-hetero) is 1. The summed E-state index contributed by atoms with van der Waals surface area (Å²) >= 11 is 0. The van der Waals surface area contributed by atoms with Gasteiger partial charge in [0.15, 0.2) is 0 Å². The van der Waals surface area contributed by atoms with E-state index >= 15 is 0 Å². The van der Waals surface area contributed by atoms with Crippen LogP contribution in [0.1, 0.15) is 42.4 Å². The van der Waals surface area contributed by atoms with E-state index in [4.69, 9.17) is 9.15 Å². The number of carbonyl (C=O) groups is 4. The number of amides is 3. The van der Waals surface area contributed by atoms with Gasteiger partial charge >= 0.3 is 11.8 Å². The van der Waals surface area contributed by atoms with Crippen LogP contribution in [0.25, 0.3) is 22.2 Å². The summed E-state index contributed by atoms with van der Waals surface area (Å²) in [5.41, 5.74) is -0.883.